The molecule has 0 saturated heterocycles. The summed E-state index contributed by atoms with van der Waals surface area (Å²) >= 11 is 0. The highest BCUT2D eigenvalue weighted by molar-refractivity contribution is 5.99. The summed E-state index contributed by atoms with van der Waals surface area (Å²) in [6, 6.07) is 4.88. The molecule has 1 aromatic rings. The van der Waals surface area contributed by atoms with Gasteiger partial charge in [0.05, 0.1) is 14.2 Å². The monoisotopic (exact) mass is 335 g/mol. The Morgan fingerprint density at radius 3 is 2.58 bits per heavy atom. The van der Waals surface area contributed by atoms with Crippen molar-refractivity contribution in [1.82, 2.24) is 0 Å². The Labute approximate surface area is 142 Å². The summed E-state index contributed by atoms with van der Waals surface area (Å²) in [4.78, 5) is 24.6. The summed E-state index contributed by atoms with van der Waals surface area (Å²) < 4.78 is 15.5. The number of hydrogen-bond donors (Lipinski definition) is 1. The standard InChI is InChI=1S/C18H25NO5/c1-12-6-5-9-18(11-12,24-4)17(21)19-13-7-8-15(22-2)14(10-13)16(20)23-3/h7-8,10,12H,5-6,9,11H2,1-4H3,(H,19,21)/t12-,18+/m1/s1. The van der Waals surface area contributed by atoms with Crippen molar-refractivity contribution in [2.24, 2.45) is 5.92 Å². The molecule has 1 amide bonds. The van der Waals surface area contributed by atoms with Gasteiger partial charge in [-0.1, -0.05) is 13.3 Å². The predicted molar refractivity (Wildman–Crippen MR) is 90.3 cm³/mol. The van der Waals surface area contributed by atoms with Gasteiger partial charge in [0, 0.05) is 12.8 Å². The average molecular weight is 335 g/mol. The van der Waals surface area contributed by atoms with Crippen LogP contribution in [0.4, 0.5) is 5.69 Å². The van der Waals surface area contributed by atoms with Gasteiger partial charge in [-0.15, -0.1) is 0 Å². The molecule has 0 aromatic heterocycles. The third-order valence-corrected chi connectivity index (χ3v) is 4.62. The van der Waals surface area contributed by atoms with Crippen LogP contribution in [0.1, 0.15) is 43.0 Å². The number of esters is 1. The summed E-state index contributed by atoms with van der Waals surface area (Å²) in [6.45, 7) is 2.13. The minimum atomic E-state index is -0.816. The zero-order valence-electron chi connectivity index (χ0n) is 14.7. The van der Waals surface area contributed by atoms with Gasteiger partial charge in [-0.25, -0.2) is 4.79 Å². The van der Waals surface area contributed by atoms with Gasteiger partial charge in [0.2, 0.25) is 0 Å². The molecule has 1 saturated carbocycles. The SMILES string of the molecule is COC(=O)c1cc(NC(=O)[C@]2(OC)CCC[C@@H](C)C2)ccc1OC. The smallest absolute Gasteiger partial charge is 0.341 e. The molecule has 0 unspecified atom stereocenters. The van der Waals surface area contributed by atoms with Gasteiger partial charge in [-0.3, -0.25) is 4.79 Å². The molecule has 0 heterocycles. The number of methoxy groups -OCH3 is 3. The third kappa shape index (κ3) is 3.70. The Morgan fingerprint density at radius 1 is 1.25 bits per heavy atom. The van der Waals surface area contributed by atoms with Crippen LogP contribution in [0, 0.1) is 5.92 Å². The number of nitrogens with one attached hydrogen (secondary N) is 1. The first-order valence-corrected chi connectivity index (χ1v) is 8.08. The van der Waals surface area contributed by atoms with Crippen molar-refractivity contribution in [3.05, 3.63) is 23.8 Å². The van der Waals surface area contributed by atoms with Crippen LogP contribution in [0.5, 0.6) is 5.75 Å². The van der Waals surface area contributed by atoms with Crippen LogP contribution in [-0.4, -0.2) is 38.8 Å². The second-order valence-corrected chi connectivity index (χ2v) is 6.26. The number of rotatable bonds is 5. The summed E-state index contributed by atoms with van der Waals surface area (Å²) in [5.74, 6) is 0.131. The van der Waals surface area contributed by atoms with Gasteiger partial charge >= 0.3 is 5.97 Å². The summed E-state index contributed by atoms with van der Waals surface area (Å²) in [5.41, 5.74) is -0.0413. The summed E-state index contributed by atoms with van der Waals surface area (Å²) in [7, 11) is 4.35. The van der Waals surface area contributed by atoms with E-state index < -0.39 is 11.6 Å². The van der Waals surface area contributed by atoms with Crippen molar-refractivity contribution in [3.8, 4) is 5.75 Å². The van der Waals surface area contributed by atoms with E-state index in [-0.39, 0.29) is 11.5 Å². The molecule has 24 heavy (non-hydrogen) atoms. The van der Waals surface area contributed by atoms with Gasteiger partial charge in [0.15, 0.2) is 0 Å². The fourth-order valence-corrected chi connectivity index (χ4v) is 3.29. The van der Waals surface area contributed by atoms with E-state index in [1.165, 1.54) is 14.2 Å². The fraction of sp³-hybridized carbons (Fsp3) is 0.556. The Morgan fingerprint density at radius 2 is 2.00 bits per heavy atom. The van der Waals surface area contributed by atoms with Crippen molar-refractivity contribution in [2.75, 3.05) is 26.6 Å². The predicted octanol–water partition coefficient (Wildman–Crippen LogP) is 3.02. The van der Waals surface area contributed by atoms with E-state index in [0.717, 1.165) is 12.8 Å². The normalized spacial score (nSPS) is 23.4. The summed E-state index contributed by atoms with van der Waals surface area (Å²) in [5, 5.41) is 2.87. The van der Waals surface area contributed by atoms with Crippen molar-refractivity contribution >= 4 is 17.6 Å². The number of amides is 1. The van der Waals surface area contributed by atoms with E-state index in [9.17, 15) is 9.59 Å². The van der Waals surface area contributed by atoms with Crippen molar-refractivity contribution in [2.45, 2.75) is 38.2 Å². The largest absolute Gasteiger partial charge is 0.496 e. The lowest BCUT2D eigenvalue weighted by molar-refractivity contribution is -0.143. The zero-order valence-corrected chi connectivity index (χ0v) is 14.7. The quantitative estimate of drug-likeness (QED) is 0.837. The molecule has 1 fully saturated rings. The van der Waals surface area contributed by atoms with Crippen LogP contribution in [0.2, 0.25) is 0 Å². The van der Waals surface area contributed by atoms with E-state index in [4.69, 9.17) is 14.2 Å². The van der Waals surface area contributed by atoms with E-state index in [1.807, 2.05) is 0 Å². The molecule has 2 atom stereocenters. The Kier molecular flexibility index (Phi) is 5.83. The zero-order chi connectivity index (χ0) is 17.7. The second kappa shape index (κ2) is 7.66. The lowest BCUT2D eigenvalue weighted by Gasteiger charge is -2.37. The minimum Gasteiger partial charge on any atom is -0.496 e. The van der Waals surface area contributed by atoms with Gasteiger partial charge in [-0.2, -0.15) is 0 Å². The number of carbonyl (C=O) groups is 2. The number of benzene rings is 1. The van der Waals surface area contributed by atoms with Gasteiger partial charge in [0.25, 0.3) is 5.91 Å². The molecular weight excluding hydrogens is 310 g/mol. The first kappa shape index (κ1) is 18.3. The van der Waals surface area contributed by atoms with E-state index in [2.05, 4.69) is 12.2 Å². The minimum absolute atomic E-state index is 0.183. The highest BCUT2D eigenvalue weighted by Crippen LogP contribution is 2.36. The molecule has 132 valence electrons. The van der Waals surface area contributed by atoms with Crippen LogP contribution in [0.25, 0.3) is 0 Å². The number of ether oxygens (including phenoxy) is 3. The van der Waals surface area contributed by atoms with E-state index in [1.54, 1.807) is 25.3 Å². The van der Waals surface area contributed by atoms with Gasteiger partial charge in [-0.05, 0) is 43.4 Å². The molecule has 0 aliphatic heterocycles. The first-order valence-electron chi connectivity index (χ1n) is 8.08. The maximum Gasteiger partial charge on any atom is 0.341 e. The van der Waals surface area contributed by atoms with Crippen LogP contribution < -0.4 is 10.1 Å². The molecule has 1 aliphatic rings. The van der Waals surface area contributed by atoms with Crippen LogP contribution in [0.3, 0.4) is 0 Å². The highest BCUT2D eigenvalue weighted by atomic mass is 16.5. The number of carbonyl (C=O) groups excluding carboxylic acids is 2. The van der Waals surface area contributed by atoms with E-state index in [0.29, 0.717) is 30.2 Å². The topological polar surface area (TPSA) is 73.9 Å². The Hall–Kier alpha value is -2.08. The number of hydrogen-bond acceptors (Lipinski definition) is 5. The second-order valence-electron chi connectivity index (χ2n) is 6.26. The molecule has 0 radical (unpaired) electrons. The number of anilines is 1. The lowest BCUT2D eigenvalue weighted by Crippen LogP contribution is -2.47. The fourth-order valence-electron chi connectivity index (χ4n) is 3.29. The maximum atomic E-state index is 12.8. The molecular formula is C18H25NO5. The molecule has 6 nitrogen and oxygen atoms in total. The summed E-state index contributed by atoms with van der Waals surface area (Å²) in [6.07, 6.45) is 3.45. The van der Waals surface area contributed by atoms with Crippen molar-refractivity contribution in [1.29, 1.82) is 0 Å². The van der Waals surface area contributed by atoms with Gasteiger partial charge < -0.3 is 19.5 Å². The Balaban J connectivity index is 2.23. The Bertz CT molecular complexity index is 615. The van der Waals surface area contributed by atoms with Crippen LogP contribution in [-0.2, 0) is 14.3 Å². The highest BCUT2D eigenvalue weighted by Gasteiger charge is 2.42. The average Bonchev–Trinajstić information content (AvgIpc) is 2.60. The van der Waals surface area contributed by atoms with Crippen molar-refractivity contribution in [3.63, 3.8) is 0 Å². The molecule has 1 aliphatic carbocycles. The van der Waals surface area contributed by atoms with E-state index >= 15 is 0 Å². The maximum absolute atomic E-state index is 12.8. The van der Waals surface area contributed by atoms with Gasteiger partial charge in [0.1, 0.15) is 16.9 Å². The molecule has 1 N–H and O–H groups in total. The third-order valence-electron chi connectivity index (χ3n) is 4.62. The molecule has 1 aromatic carbocycles. The molecule has 0 spiro atoms. The molecule has 0 bridgehead atoms. The van der Waals surface area contributed by atoms with Crippen molar-refractivity contribution < 1.29 is 23.8 Å². The van der Waals surface area contributed by atoms with Crippen LogP contribution in [0.15, 0.2) is 18.2 Å². The molecule has 6 heteroatoms. The molecule has 2 rings (SSSR count). The lowest BCUT2D eigenvalue weighted by atomic mass is 9.78. The first-order chi connectivity index (χ1) is 11.5. The van der Waals surface area contributed by atoms with Crippen LogP contribution >= 0.6 is 0 Å².